The molecule has 19 heavy (non-hydrogen) atoms. The summed E-state index contributed by atoms with van der Waals surface area (Å²) >= 11 is 0. The van der Waals surface area contributed by atoms with Gasteiger partial charge in [-0.2, -0.15) is 0 Å². The Morgan fingerprint density at radius 3 is 2.47 bits per heavy atom. The number of allylic oxidation sites excluding steroid dienone is 2. The Morgan fingerprint density at radius 1 is 1.11 bits per heavy atom. The largest absolute Gasteiger partial charge is 0.0817 e. The van der Waals surface area contributed by atoms with Crippen molar-refractivity contribution in [1.82, 2.24) is 0 Å². The molecule has 0 aromatic rings. The minimum Gasteiger partial charge on any atom is -0.0817 e. The van der Waals surface area contributed by atoms with E-state index in [0.717, 1.165) is 17.8 Å². The van der Waals surface area contributed by atoms with Crippen molar-refractivity contribution in [2.45, 2.75) is 85.5 Å². The van der Waals surface area contributed by atoms with Crippen LogP contribution in [0.3, 0.4) is 0 Å². The molecule has 4 unspecified atom stereocenters. The van der Waals surface area contributed by atoms with Crippen molar-refractivity contribution in [1.29, 1.82) is 0 Å². The lowest BCUT2D eigenvalue weighted by Crippen LogP contribution is -2.41. The lowest BCUT2D eigenvalue weighted by atomic mass is 9.54. The first kappa shape index (κ1) is 15.1. The van der Waals surface area contributed by atoms with Crippen molar-refractivity contribution in [2.24, 2.45) is 23.2 Å². The molecule has 1 fully saturated rings. The average Bonchev–Trinajstić information content (AvgIpc) is 2.41. The summed E-state index contributed by atoms with van der Waals surface area (Å²) in [5, 5.41) is 0. The van der Waals surface area contributed by atoms with Gasteiger partial charge < -0.3 is 0 Å². The molecule has 0 amide bonds. The van der Waals surface area contributed by atoms with Crippen molar-refractivity contribution in [3.63, 3.8) is 0 Å². The SMILES string of the molecule is CCCC1C=C2CCC(CC)C(CCC)C2(C)CC1. The second kappa shape index (κ2) is 6.46. The maximum Gasteiger partial charge on any atom is -0.00852 e. The molecule has 110 valence electrons. The van der Waals surface area contributed by atoms with Crippen LogP contribution in [0, 0.1) is 23.2 Å². The molecule has 0 heteroatoms. The molecule has 2 aliphatic rings. The first-order chi connectivity index (χ1) is 9.15. The van der Waals surface area contributed by atoms with Crippen LogP contribution in [0.1, 0.15) is 85.5 Å². The van der Waals surface area contributed by atoms with Crippen LogP contribution in [-0.4, -0.2) is 0 Å². The van der Waals surface area contributed by atoms with Gasteiger partial charge in [0.2, 0.25) is 0 Å². The summed E-state index contributed by atoms with van der Waals surface area (Å²) in [5.41, 5.74) is 2.40. The maximum atomic E-state index is 2.71. The van der Waals surface area contributed by atoms with Crippen molar-refractivity contribution >= 4 is 0 Å². The van der Waals surface area contributed by atoms with Crippen LogP contribution in [0.5, 0.6) is 0 Å². The van der Waals surface area contributed by atoms with E-state index in [1.165, 1.54) is 57.8 Å². The molecule has 0 spiro atoms. The second-order valence-electron chi connectivity index (χ2n) is 7.30. The van der Waals surface area contributed by atoms with Gasteiger partial charge >= 0.3 is 0 Å². The highest BCUT2D eigenvalue weighted by Crippen LogP contribution is 2.56. The summed E-state index contributed by atoms with van der Waals surface area (Å²) in [6, 6.07) is 0. The topological polar surface area (TPSA) is 0 Å². The first-order valence-corrected chi connectivity index (χ1v) is 8.86. The van der Waals surface area contributed by atoms with Gasteiger partial charge in [0.1, 0.15) is 0 Å². The zero-order valence-corrected chi connectivity index (χ0v) is 13.7. The van der Waals surface area contributed by atoms with Gasteiger partial charge in [-0.3, -0.25) is 0 Å². The van der Waals surface area contributed by atoms with Gasteiger partial charge in [0, 0.05) is 0 Å². The third-order valence-corrected chi connectivity index (χ3v) is 6.16. The third kappa shape index (κ3) is 2.93. The van der Waals surface area contributed by atoms with Crippen molar-refractivity contribution in [3.8, 4) is 0 Å². The normalized spacial score (nSPS) is 38.7. The molecule has 2 rings (SSSR count). The van der Waals surface area contributed by atoms with E-state index in [0.29, 0.717) is 5.41 Å². The predicted octanol–water partition coefficient (Wildman–Crippen LogP) is 6.37. The molecular weight excluding hydrogens is 228 g/mol. The van der Waals surface area contributed by atoms with Gasteiger partial charge in [0.15, 0.2) is 0 Å². The van der Waals surface area contributed by atoms with Gasteiger partial charge in [0.05, 0.1) is 0 Å². The Morgan fingerprint density at radius 2 is 1.84 bits per heavy atom. The van der Waals surface area contributed by atoms with Gasteiger partial charge in [-0.15, -0.1) is 0 Å². The average molecular weight is 262 g/mol. The van der Waals surface area contributed by atoms with E-state index in [9.17, 15) is 0 Å². The van der Waals surface area contributed by atoms with Crippen LogP contribution >= 0.6 is 0 Å². The molecule has 0 bridgehead atoms. The Kier molecular flexibility index (Phi) is 5.15. The minimum atomic E-state index is 0.555. The summed E-state index contributed by atoms with van der Waals surface area (Å²) in [6.07, 6.45) is 15.4. The summed E-state index contributed by atoms with van der Waals surface area (Å²) in [5.74, 6) is 2.85. The number of fused-ring (bicyclic) bond motifs is 1. The van der Waals surface area contributed by atoms with Crippen LogP contribution in [-0.2, 0) is 0 Å². The number of hydrogen-bond acceptors (Lipinski definition) is 0. The molecule has 2 aliphatic carbocycles. The van der Waals surface area contributed by atoms with Crippen LogP contribution in [0.15, 0.2) is 11.6 Å². The number of rotatable bonds is 5. The van der Waals surface area contributed by atoms with E-state index >= 15 is 0 Å². The fraction of sp³-hybridized carbons (Fsp3) is 0.895. The zero-order chi connectivity index (χ0) is 13.9. The third-order valence-electron chi connectivity index (χ3n) is 6.16. The standard InChI is InChI=1S/C19H34/c1-5-8-15-12-13-19(4)17(14-15)11-10-16(7-3)18(19)9-6-2/h14-16,18H,5-13H2,1-4H3. The fourth-order valence-corrected chi connectivity index (χ4v) is 5.01. The molecule has 1 saturated carbocycles. The van der Waals surface area contributed by atoms with Crippen LogP contribution in [0.2, 0.25) is 0 Å². The first-order valence-electron chi connectivity index (χ1n) is 8.86. The van der Waals surface area contributed by atoms with Gasteiger partial charge in [0.25, 0.3) is 0 Å². The van der Waals surface area contributed by atoms with Crippen molar-refractivity contribution < 1.29 is 0 Å². The predicted molar refractivity (Wildman–Crippen MR) is 85.2 cm³/mol. The van der Waals surface area contributed by atoms with Gasteiger partial charge in [-0.25, -0.2) is 0 Å². The highest BCUT2D eigenvalue weighted by molar-refractivity contribution is 5.23. The van der Waals surface area contributed by atoms with Crippen LogP contribution < -0.4 is 0 Å². The second-order valence-corrected chi connectivity index (χ2v) is 7.30. The summed E-state index contributed by atoms with van der Waals surface area (Å²) in [7, 11) is 0. The Balaban J connectivity index is 2.21. The molecule has 0 nitrogen and oxygen atoms in total. The van der Waals surface area contributed by atoms with E-state index in [-0.39, 0.29) is 0 Å². The Labute approximate surface area is 121 Å². The molecule has 0 radical (unpaired) electrons. The van der Waals surface area contributed by atoms with Crippen LogP contribution in [0.4, 0.5) is 0 Å². The molecule has 0 aliphatic heterocycles. The molecular formula is C19H34. The van der Waals surface area contributed by atoms with E-state index in [4.69, 9.17) is 0 Å². The molecule has 4 atom stereocenters. The summed E-state index contributed by atoms with van der Waals surface area (Å²) in [4.78, 5) is 0. The van der Waals surface area contributed by atoms with E-state index < -0.39 is 0 Å². The minimum absolute atomic E-state index is 0.555. The molecule has 0 saturated heterocycles. The number of hydrogen-bond donors (Lipinski definition) is 0. The Hall–Kier alpha value is -0.260. The lowest BCUT2D eigenvalue weighted by molar-refractivity contribution is 0.0760. The highest BCUT2D eigenvalue weighted by atomic mass is 14.5. The smallest absolute Gasteiger partial charge is 0.00852 e. The highest BCUT2D eigenvalue weighted by Gasteiger charge is 2.45. The van der Waals surface area contributed by atoms with Crippen LogP contribution in [0.25, 0.3) is 0 Å². The molecule has 0 aromatic carbocycles. The van der Waals surface area contributed by atoms with Gasteiger partial charge in [-0.05, 0) is 61.7 Å². The fourth-order valence-electron chi connectivity index (χ4n) is 5.01. The summed E-state index contributed by atoms with van der Waals surface area (Å²) in [6.45, 7) is 9.72. The molecule has 0 heterocycles. The quantitative estimate of drug-likeness (QED) is 0.505. The maximum absolute atomic E-state index is 2.71. The Bertz CT molecular complexity index is 314. The van der Waals surface area contributed by atoms with Gasteiger partial charge in [-0.1, -0.05) is 58.6 Å². The summed E-state index contributed by atoms with van der Waals surface area (Å²) < 4.78 is 0. The van der Waals surface area contributed by atoms with Crippen molar-refractivity contribution in [2.75, 3.05) is 0 Å². The van der Waals surface area contributed by atoms with Crippen molar-refractivity contribution in [3.05, 3.63) is 11.6 Å². The van der Waals surface area contributed by atoms with E-state index in [1.54, 1.807) is 0 Å². The monoisotopic (exact) mass is 262 g/mol. The molecule has 0 N–H and O–H groups in total. The zero-order valence-electron chi connectivity index (χ0n) is 13.7. The van der Waals surface area contributed by atoms with E-state index in [2.05, 4.69) is 33.8 Å². The van der Waals surface area contributed by atoms with E-state index in [1.807, 2.05) is 5.57 Å². The lowest BCUT2D eigenvalue weighted by Gasteiger charge is -2.51. The molecule has 0 aromatic heterocycles.